The monoisotopic (exact) mass is 326 g/mol. The fraction of sp³-hybridized carbons (Fsp3) is 0.188. The number of Topliss-reactive ketones (excluding diaryl/α,β-unsaturated/α-hetero) is 1. The first-order chi connectivity index (χ1) is 11.5. The molecule has 0 bridgehead atoms. The largest absolute Gasteiger partial charge is 0.366 e. The van der Waals surface area contributed by atoms with Crippen molar-refractivity contribution in [3.8, 4) is 0 Å². The van der Waals surface area contributed by atoms with E-state index in [1.807, 2.05) is 0 Å². The quantitative estimate of drug-likeness (QED) is 0.198. The Kier molecular flexibility index (Phi) is 5.26. The molecule has 0 saturated heterocycles. The van der Waals surface area contributed by atoms with Gasteiger partial charge in [0.2, 0.25) is 5.78 Å². The molecule has 0 saturated carbocycles. The van der Waals surface area contributed by atoms with E-state index in [0.29, 0.717) is 12.0 Å². The SMILES string of the molecule is COC1(C(=O)C(=Cc2ccc([N+](=O)[O-])cc2)N=[N+]=[N-])C=CC=CC1. The van der Waals surface area contributed by atoms with Gasteiger partial charge in [0.25, 0.3) is 5.69 Å². The van der Waals surface area contributed by atoms with Gasteiger partial charge < -0.3 is 4.74 Å². The van der Waals surface area contributed by atoms with Crippen LogP contribution < -0.4 is 0 Å². The van der Waals surface area contributed by atoms with Crippen LogP contribution in [0.3, 0.4) is 0 Å². The molecule has 1 aliphatic rings. The average molecular weight is 326 g/mol. The molecular weight excluding hydrogens is 312 g/mol. The van der Waals surface area contributed by atoms with E-state index in [2.05, 4.69) is 10.0 Å². The number of hydrogen-bond donors (Lipinski definition) is 0. The summed E-state index contributed by atoms with van der Waals surface area (Å²) in [6, 6.07) is 5.54. The number of hydrogen-bond acceptors (Lipinski definition) is 5. The maximum atomic E-state index is 12.8. The van der Waals surface area contributed by atoms with E-state index in [1.165, 1.54) is 37.5 Å². The van der Waals surface area contributed by atoms with E-state index in [9.17, 15) is 14.9 Å². The van der Waals surface area contributed by atoms with Crippen molar-refractivity contribution in [2.45, 2.75) is 12.0 Å². The molecule has 1 aromatic carbocycles. The summed E-state index contributed by atoms with van der Waals surface area (Å²) in [5, 5.41) is 14.1. The highest BCUT2D eigenvalue weighted by atomic mass is 16.6. The zero-order valence-corrected chi connectivity index (χ0v) is 12.8. The summed E-state index contributed by atoms with van der Waals surface area (Å²) in [7, 11) is 1.40. The Morgan fingerprint density at radius 2 is 2.12 bits per heavy atom. The number of non-ortho nitro benzene ring substituents is 1. The predicted molar refractivity (Wildman–Crippen MR) is 87.9 cm³/mol. The van der Waals surface area contributed by atoms with Gasteiger partial charge in [-0.1, -0.05) is 23.3 Å². The van der Waals surface area contributed by atoms with Crippen molar-refractivity contribution in [1.29, 1.82) is 0 Å². The van der Waals surface area contributed by atoms with Gasteiger partial charge in [-0.15, -0.1) is 0 Å². The molecule has 0 N–H and O–H groups in total. The van der Waals surface area contributed by atoms with Crippen LogP contribution in [0.4, 0.5) is 5.69 Å². The number of nitro groups is 1. The molecule has 2 rings (SSSR count). The molecule has 1 aliphatic carbocycles. The molecule has 8 nitrogen and oxygen atoms in total. The maximum Gasteiger partial charge on any atom is 0.269 e. The summed E-state index contributed by atoms with van der Waals surface area (Å²) in [4.78, 5) is 25.6. The van der Waals surface area contributed by atoms with Crippen molar-refractivity contribution >= 4 is 17.5 Å². The third-order valence-corrected chi connectivity index (χ3v) is 3.57. The molecule has 0 amide bonds. The standard InChI is InChI=1S/C16H14N4O4/c1-24-16(9-3-2-4-10-16)15(21)14(18-19-17)11-12-5-7-13(8-6-12)20(22)23/h2-9,11H,10H2,1H3. The summed E-state index contributed by atoms with van der Waals surface area (Å²) in [5.74, 6) is -0.484. The first kappa shape index (κ1) is 17.1. The van der Waals surface area contributed by atoms with Crippen LogP contribution in [0, 0.1) is 10.1 Å². The summed E-state index contributed by atoms with van der Waals surface area (Å²) in [6.07, 6.45) is 8.55. The number of carbonyl (C=O) groups is 1. The molecule has 0 fully saturated rings. The zero-order chi connectivity index (χ0) is 17.6. The molecule has 0 heterocycles. The molecule has 1 aromatic rings. The lowest BCUT2D eigenvalue weighted by atomic mass is 9.88. The molecule has 1 unspecified atom stereocenters. The zero-order valence-electron chi connectivity index (χ0n) is 12.8. The normalized spacial score (nSPS) is 19.6. The van der Waals surface area contributed by atoms with Gasteiger partial charge in [0.15, 0.2) is 5.60 Å². The number of allylic oxidation sites excluding steroid dienone is 2. The highest BCUT2D eigenvalue weighted by molar-refractivity contribution is 6.06. The number of benzene rings is 1. The van der Waals surface area contributed by atoms with Gasteiger partial charge in [-0.3, -0.25) is 14.9 Å². The minimum Gasteiger partial charge on any atom is -0.366 e. The highest BCUT2D eigenvalue weighted by Gasteiger charge is 2.37. The van der Waals surface area contributed by atoms with Crippen molar-refractivity contribution in [3.05, 3.63) is 80.4 Å². The van der Waals surface area contributed by atoms with Crippen LogP contribution in [0.25, 0.3) is 16.5 Å². The van der Waals surface area contributed by atoms with E-state index >= 15 is 0 Å². The number of nitro benzene ring substituents is 1. The first-order valence-corrected chi connectivity index (χ1v) is 6.98. The molecule has 0 aromatic heterocycles. The summed E-state index contributed by atoms with van der Waals surface area (Å²) in [6.45, 7) is 0. The van der Waals surface area contributed by atoms with Gasteiger partial charge >= 0.3 is 0 Å². The summed E-state index contributed by atoms with van der Waals surface area (Å²) in [5.41, 5.74) is 7.81. The number of ketones is 1. The number of ether oxygens (including phenoxy) is 1. The van der Waals surface area contributed by atoms with Gasteiger partial charge in [-0.05, 0) is 35.4 Å². The van der Waals surface area contributed by atoms with Gasteiger partial charge in [0, 0.05) is 30.6 Å². The Morgan fingerprint density at radius 1 is 1.42 bits per heavy atom. The molecule has 24 heavy (non-hydrogen) atoms. The average Bonchev–Trinajstić information content (AvgIpc) is 2.61. The topological polar surface area (TPSA) is 118 Å². The van der Waals surface area contributed by atoms with E-state index in [1.54, 1.807) is 24.3 Å². The van der Waals surface area contributed by atoms with Crippen molar-refractivity contribution in [2.24, 2.45) is 5.11 Å². The lowest BCUT2D eigenvalue weighted by molar-refractivity contribution is -0.384. The van der Waals surface area contributed by atoms with Crippen molar-refractivity contribution in [2.75, 3.05) is 7.11 Å². The van der Waals surface area contributed by atoms with Crippen molar-refractivity contribution < 1.29 is 14.5 Å². The second kappa shape index (κ2) is 7.36. The molecule has 8 heteroatoms. The minimum atomic E-state index is -1.23. The minimum absolute atomic E-state index is 0.0717. The van der Waals surface area contributed by atoms with Crippen LogP contribution in [0.5, 0.6) is 0 Å². The Balaban J connectivity index is 2.39. The maximum absolute atomic E-state index is 12.8. The van der Waals surface area contributed by atoms with Crippen LogP contribution in [-0.4, -0.2) is 23.4 Å². The first-order valence-electron chi connectivity index (χ1n) is 6.98. The molecule has 122 valence electrons. The summed E-state index contributed by atoms with van der Waals surface area (Å²) < 4.78 is 5.36. The smallest absolute Gasteiger partial charge is 0.269 e. The molecule has 1 atom stereocenters. The number of methoxy groups -OCH3 is 1. The number of azide groups is 1. The Bertz CT molecular complexity index is 789. The second-order valence-electron chi connectivity index (χ2n) is 4.98. The van der Waals surface area contributed by atoms with Crippen molar-refractivity contribution in [3.63, 3.8) is 0 Å². The number of rotatable bonds is 6. The Morgan fingerprint density at radius 3 is 2.62 bits per heavy atom. The molecule has 0 aliphatic heterocycles. The number of carbonyl (C=O) groups excluding carboxylic acids is 1. The lowest BCUT2D eigenvalue weighted by Gasteiger charge is -2.28. The fourth-order valence-electron chi connectivity index (χ4n) is 2.27. The van der Waals surface area contributed by atoms with Crippen LogP contribution in [0.15, 0.2) is 59.4 Å². The van der Waals surface area contributed by atoms with E-state index in [-0.39, 0.29) is 11.4 Å². The van der Waals surface area contributed by atoms with E-state index in [4.69, 9.17) is 10.3 Å². The van der Waals surface area contributed by atoms with E-state index < -0.39 is 16.3 Å². The Labute approximate surface area is 137 Å². The lowest BCUT2D eigenvalue weighted by Crippen LogP contribution is -2.39. The second-order valence-corrected chi connectivity index (χ2v) is 4.98. The van der Waals surface area contributed by atoms with Gasteiger partial charge in [0.1, 0.15) is 0 Å². The summed E-state index contributed by atoms with van der Waals surface area (Å²) >= 11 is 0. The third kappa shape index (κ3) is 3.57. The van der Waals surface area contributed by atoms with Gasteiger partial charge in [-0.2, -0.15) is 0 Å². The predicted octanol–water partition coefficient (Wildman–Crippen LogP) is 3.72. The molecular formula is C16H14N4O4. The van der Waals surface area contributed by atoms with Gasteiger partial charge in [0.05, 0.1) is 10.6 Å². The Hall–Kier alpha value is -3.22. The molecule has 0 spiro atoms. The van der Waals surface area contributed by atoms with E-state index in [0.717, 1.165) is 0 Å². The fourth-order valence-corrected chi connectivity index (χ4v) is 2.27. The third-order valence-electron chi connectivity index (χ3n) is 3.57. The van der Waals surface area contributed by atoms with Gasteiger partial charge in [-0.25, -0.2) is 0 Å². The number of nitrogens with zero attached hydrogens (tertiary/aromatic N) is 4. The van der Waals surface area contributed by atoms with Crippen LogP contribution >= 0.6 is 0 Å². The molecule has 0 radical (unpaired) electrons. The van der Waals surface area contributed by atoms with Crippen LogP contribution in [0.1, 0.15) is 12.0 Å². The highest BCUT2D eigenvalue weighted by Crippen LogP contribution is 2.28. The van der Waals surface area contributed by atoms with Crippen LogP contribution in [0.2, 0.25) is 0 Å². The van der Waals surface area contributed by atoms with Crippen LogP contribution in [-0.2, 0) is 9.53 Å². The van der Waals surface area contributed by atoms with Crippen molar-refractivity contribution in [1.82, 2.24) is 0 Å².